The fraction of sp³-hybridized carbons (Fsp3) is 0.227. The Hall–Kier alpha value is -3.19. The first-order valence-electron chi connectivity index (χ1n) is 9.08. The molecule has 0 unspecified atom stereocenters. The summed E-state index contributed by atoms with van der Waals surface area (Å²) in [6.07, 6.45) is 1.94. The molecule has 150 valence electrons. The van der Waals surface area contributed by atoms with Crippen LogP contribution in [0.15, 0.2) is 59.7 Å². The number of amides is 2. The van der Waals surface area contributed by atoms with Crippen LogP contribution >= 0.6 is 11.3 Å². The minimum Gasteiger partial charge on any atom is -0.497 e. The van der Waals surface area contributed by atoms with Gasteiger partial charge in [0.15, 0.2) is 4.80 Å². The molecular formula is C22H23N3O3S. The van der Waals surface area contributed by atoms with Crippen LogP contribution in [0.1, 0.15) is 31.2 Å². The van der Waals surface area contributed by atoms with Crippen molar-refractivity contribution in [1.82, 2.24) is 9.47 Å². The Labute approximate surface area is 173 Å². The molecule has 3 aromatic rings. The van der Waals surface area contributed by atoms with Crippen molar-refractivity contribution < 1.29 is 14.3 Å². The summed E-state index contributed by atoms with van der Waals surface area (Å²) in [5, 5.41) is 0. The summed E-state index contributed by atoms with van der Waals surface area (Å²) in [4.78, 5) is 32.7. The van der Waals surface area contributed by atoms with Crippen LogP contribution < -0.4 is 9.54 Å². The Balaban J connectivity index is 1.97. The first-order valence-corrected chi connectivity index (χ1v) is 9.90. The summed E-state index contributed by atoms with van der Waals surface area (Å²) >= 11 is 1.44. The van der Waals surface area contributed by atoms with Crippen molar-refractivity contribution in [2.75, 3.05) is 21.2 Å². The van der Waals surface area contributed by atoms with Gasteiger partial charge in [0.2, 0.25) is 0 Å². The molecule has 0 aliphatic heterocycles. The minimum absolute atomic E-state index is 0.0564. The topological polar surface area (TPSA) is 63.9 Å². The van der Waals surface area contributed by atoms with Crippen molar-refractivity contribution in [3.05, 3.63) is 81.1 Å². The highest BCUT2D eigenvalue weighted by molar-refractivity contribution is 7.09. The Morgan fingerprint density at radius 2 is 1.90 bits per heavy atom. The zero-order chi connectivity index (χ0) is 21.0. The second-order valence-corrected chi connectivity index (χ2v) is 7.97. The number of rotatable bonds is 5. The maximum Gasteiger partial charge on any atom is 0.279 e. The predicted octanol–water partition coefficient (Wildman–Crippen LogP) is 3.36. The highest BCUT2D eigenvalue weighted by atomic mass is 32.1. The van der Waals surface area contributed by atoms with Crippen LogP contribution in [-0.2, 0) is 6.54 Å². The molecule has 0 bridgehead atoms. The van der Waals surface area contributed by atoms with Gasteiger partial charge >= 0.3 is 0 Å². The fourth-order valence-corrected chi connectivity index (χ4v) is 3.73. The number of carbonyl (C=O) groups excluding carboxylic acids is 2. The third-order valence-corrected chi connectivity index (χ3v) is 5.28. The van der Waals surface area contributed by atoms with Crippen molar-refractivity contribution in [2.45, 2.75) is 13.5 Å². The molecule has 1 heterocycles. The number of hydrogen-bond donors (Lipinski definition) is 0. The maximum absolute atomic E-state index is 12.7. The van der Waals surface area contributed by atoms with E-state index in [1.807, 2.05) is 42.0 Å². The standard InChI is InChI=1S/C22H23N3O3S/c1-15-13-25(14-17-8-5-6-11-19(17)21(27)24(2)3)22(29-15)23-20(26)16-9-7-10-18(12-16)28-4/h5-13H,14H2,1-4H3. The number of nitrogens with zero attached hydrogens (tertiary/aromatic N) is 3. The second-order valence-electron chi connectivity index (χ2n) is 6.76. The zero-order valence-electron chi connectivity index (χ0n) is 16.9. The van der Waals surface area contributed by atoms with Crippen LogP contribution in [0.3, 0.4) is 0 Å². The molecule has 0 atom stereocenters. The largest absolute Gasteiger partial charge is 0.497 e. The normalized spacial score (nSPS) is 11.4. The number of aromatic nitrogens is 1. The third kappa shape index (κ3) is 4.81. The average Bonchev–Trinajstić information content (AvgIpc) is 3.06. The van der Waals surface area contributed by atoms with Gasteiger partial charge in [0.1, 0.15) is 5.75 Å². The van der Waals surface area contributed by atoms with Gasteiger partial charge in [-0.05, 0) is 36.8 Å². The van der Waals surface area contributed by atoms with E-state index < -0.39 is 0 Å². The quantitative estimate of drug-likeness (QED) is 0.649. The van der Waals surface area contributed by atoms with Crippen molar-refractivity contribution in [2.24, 2.45) is 4.99 Å². The molecule has 1 aromatic heterocycles. The third-order valence-electron chi connectivity index (χ3n) is 4.34. The van der Waals surface area contributed by atoms with Gasteiger partial charge in [0, 0.05) is 36.3 Å². The van der Waals surface area contributed by atoms with E-state index in [1.165, 1.54) is 11.3 Å². The smallest absolute Gasteiger partial charge is 0.279 e. The first kappa shape index (κ1) is 20.5. The van der Waals surface area contributed by atoms with Crippen molar-refractivity contribution in [3.8, 4) is 5.75 Å². The molecule has 0 spiro atoms. The molecule has 2 amide bonds. The van der Waals surface area contributed by atoms with Crippen molar-refractivity contribution in [3.63, 3.8) is 0 Å². The summed E-state index contributed by atoms with van der Waals surface area (Å²) in [7, 11) is 5.02. The Morgan fingerprint density at radius 3 is 2.62 bits per heavy atom. The van der Waals surface area contributed by atoms with Gasteiger partial charge in [-0.25, -0.2) is 0 Å². The van der Waals surface area contributed by atoms with Crippen molar-refractivity contribution >= 4 is 23.2 Å². The van der Waals surface area contributed by atoms with Crippen LogP contribution in [0.5, 0.6) is 5.75 Å². The summed E-state index contributed by atoms with van der Waals surface area (Å²) in [5.74, 6) is 0.216. The highest BCUT2D eigenvalue weighted by Crippen LogP contribution is 2.15. The van der Waals surface area contributed by atoms with E-state index in [9.17, 15) is 9.59 Å². The molecule has 7 heteroatoms. The van der Waals surface area contributed by atoms with E-state index in [4.69, 9.17) is 4.74 Å². The van der Waals surface area contributed by atoms with E-state index in [-0.39, 0.29) is 11.8 Å². The molecule has 0 aliphatic rings. The SMILES string of the molecule is COc1cccc(C(=O)N=c2sc(C)cn2Cc2ccccc2C(=O)N(C)C)c1. The van der Waals surface area contributed by atoms with Gasteiger partial charge in [-0.1, -0.05) is 24.3 Å². The van der Waals surface area contributed by atoms with E-state index in [0.717, 1.165) is 10.4 Å². The molecule has 0 saturated heterocycles. The van der Waals surface area contributed by atoms with Crippen LogP contribution in [0.2, 0.25) is 0 Å². The summed E-state index contributed by atoms with van der Waals surface area (Å²) in [6.45, 7) is 2.41. The average molecular weight is 410 g/mol. The van der Waals surface area contributed by atoms with Gasteiger partial charge in [0.05, 0.1) is 13.7 Å². The number of benzene rings is 2. The number of aryl methyl sites for hydroxylation is 1. The number of ether oxygens (including phenoxy) is 1. The Morgan fingerprint density at radius 1 is 1.14 bits per heavy atom. The lowest BCUT2D eigenvalue weighted by atomic mass is 10.1. The second kappa shape index (κ2) is 8.87. The van der Waals surface area contributed by atoms with E-state index in [0.29, 0.717) is 28.2 Å². The lowest BCUT2D eigenvalue weighted by molar-refractivity contribution is 0.0826. The number of methoxy groups -OCH3 is 1. The Bertz CT molecular complexity index is 1110. The summed E-state index contributed by atoms with van der Waals surface area (Å²) in [5.41, 5.74) is 1.98. The fourth-order valence-electron chi connectivity index (χ4n) is 2.90. The van der Waals surface area contributed by atoms with E-state index >= 15 is 0 Å². The molecule has 0 N–H and O–H groups in total. The van der Waals surface area contributed by atoms with Gasteiger partial charge in [-0.15, -0.1) is 11.3 Å². The van der Waals surface area contributed by atoms with Gasteiger partial charge in [0.25, 0.3) is 11.8 Å². The van der Waals surface area contributed by atoms with Crippen LogP contribution in [0.4, 0.5) is 0 Å². The highest BCUT2D eigenvalue weighted by Gasteiger charge is 2.14. The first-order chi connectivity index (χ1) is 13.9. The monoisotopic (exact) mass is 409 g/mol. The van der Waals surface area contributed by atoms with Crippen LogP contribution in [0, 0.1) is 6.92 Å². The zero-order valence-corrected chi connectivity index (χ0v) is 17.7. The Kier molecular flexibility index (Phi) is 6.29. The van der Waals surface area contributed by atoms with Crippen molar-refractivity contribution in [1.29, 1.82) is 0 Å². The molecule has 3 rings (SSSR count). The molecule has 6 nitrogen and oxygen atoms in total. The number of hydrogen-bond acceptors (Lipinski definition) is 4. The van der Waals surface area contributed by atoms with Crippen LogP contribution in [0.25, 0.3) is 0 Å². The van der Waals surface area contributed by atoms with Gasteiger partial charge < -0.3 is 14.2 Å². The predicted molar refractivity (Wildman–Crippen MR) is 113 cm³/mol. The van der Waals surface area contributed by atoms with E-state index in [1.54, 1.807) is 50.4 Å². The maximum atomic E-state index is 12.7. The molecule has 0 aliphatic carbocycles. The van der Waals surface area contributed by atoms with E-state index in [2.05, 4.69) is 4.99 Å². The molecule has 2 aromatic carbocycles. The summed E-state index contributed by atoms with van der Waals surface area (Å²) in [6, 6.07) is 14.4. The number of thiazole rings is 1. The minimum atomic E-state index is -0.336. The summed E-state index contributed by atoms with van der Waals surface area (Å²) < 4.78 is 7.09. The van der Waals surface area contributed by atoms with Gasteiger partial charge in [-0.3, -0.25) is 9.59 Å². The lowest BCUT2D eigenvalue weighted by Crippen LogP contribution is -2.24. The molecule has 29 heavy (non-hydrogen) atoms. The number of carbonyl (C=O) groups is 2. The molecule has 0 saturated carbocycles. The van der Waals surface area contributed by atoms with Gasteiger partial charge in [-0.2, -0.15) is 4.99 Å². The molecule has 0 fully saturated rings. The lowest BCUT2D eigenvalue weighted by Gasteiger charge is -2.14. The molecular weight excluding hydrogens is 386 g/mol. The molecule has 0 radical (unpaired) electrons. The van der Waals surface area contributed by atoms with Crippen LogP contribution in [-0.4, -0.2) is 42.5 Å².